The summed E-state index contributed by atoms with van der Waals surface area (Å²) in [6, 6.07) is 0. The second kappa shape index (κ2) is 5.11. The van der Waals surface area contributed by atoms with E-state index in [2.05, 4.69) is 46.6 Å². The number of rotatable bonds is 4. The molecule has 1 rings (SSSR count). The van der Waals surface area contributed by atoms with Crippen molar-refractivity contribution in [2.75, 3.05) is 0 Å². The summed E-state index contributed by atoms with van der Waals surface area (Å²) < 4.78 is 1.99. The lowest BCUT2D eigenvalue weighted by Gasteiger charge is -2.21. The van der Waals surface area contributed by atoms with Gasteiger partial charge in [0, 0.05) is 12.0 Å². The average Bonchev–Trinajstić information content (AvgIpc) is 2.41. The first-order valence-electron chi connectivity index (χ1n) is 6.56. The molecule has 1 heterocycles. The fourth-order valence-electron chi connectivity index (χ4n) is 2.13. The minimum atomic E-state index is -0.0715. The van der Waals surface area contributed by atoms with Crippen LogP contribution in [0.15, 0.2) is 0 Å². The monoisotopic (exact) mass is 238 g/mol. The van der Waals surface area contributed by atoms with Crippen LogP contribution >= 0.6 is 0 Å². The van der Waals surface area contributed by atoms with Gasteiger partial charge < -0.3 is 5.11 Å². The van der Waals surface area contributed by atoms with Gasteiger partial charge in [0.05, 0.1) is 5.69 Å². The summed E-state index contributed by atoms with van der Waals surface area (Å²) in [6.45, 7) is 13.7. The van der Waals surface area contributed by atoms with Crippen molar-refractivity contribution in [3.05, 3.63) is 11.4 Å². The van der Waals surface area contributed by atoms with Crippen LogP contribution in [0.4, 0.5) is 0 Å². The van der Waals surface area contributed by atoms with E-state index < -0.39 is 0 Å². The van der Waals surface area contributed by atoms with Crippen molar-refractivity contribution in [3.8, 4) is 5.75 Å². The molecule has 0 aliphatic carbocycles. The topological polar surface area (TPSA) is 38.0 Å². The van der Waals surface area contributed by atoms with Gasteiger partial charge >= 0.3 is 0 Å². The normalized spacial score (nSPS) is 12.4. The molecule has 0 unspecified atom stereocenters. The smallest absolute Gasteiger partial charge is 0.160 e. The summed E-state index contributed by atoms with van der Waals surface area (Å²) in [6.07, 6.45) is 1.86. The average molecular weight is 238 g/mol. The van der Waals surface area contributed by atoms with Gasteiger partial charge in [-0.2, -0.15) is 5.10 Å². The predicted octanol–water partition coefficient (Wildman–Crippen LogP) is 3.49. The maximum Gasteiger partial charge on any atom is 0.160 e. The Morgan fingerprint density at radius 2 is 1.88 bits per heavy atom. The molecule has 1 N–H and O–H groups in total. The summed E-state index contributed by atoms with van der Waals surface area (Å²) >= 11 is 0. The quantitative estimate of drug-likeness (QED) is 0.872. The third-order valence-corrected chi connectivity index (χ3v) is 2.73. The lowest BCUT2D eigenvalue weighted by atomic mass is 9.90. The minimum absolute atomic E-state index is 0.0715. The third-order valence-electron chi connectivity index (χ3n) is 2.73. The van der Waals surface area contributed by atoms with Crippen molar-refractivity contribution in [3.63, 3.8) is 0 Å². The number of aromatic hydroxyl groups is 1. The molecule has 0 amide bonds. The first-order valence-corrected chi connectivity index (χ1v) is 6.56. The summed E-state index contributed by atoms with van der Waals surface area (Å²) in [7, 11) is 0. The maximum absolute atomic E-state index is 10.3. The van der Waals surface area contributed by atoms with Gasteiger partial charge in [-0.05, 0) is 12.3 Å². The molecule has 0 atom stereocenters. The van der Waals surface area contributed by atoms with Gasteiger partial charge in [-0.3, -0.25) is 4.68 Å². The standard InChI is InChI=1S/C14H26N2O/c1-7-8-11-12(17)13(14(4,5)6)16(15-11)9-10(2)3/h10,17H,7-9H2,1-6H3. The Morgan fingerprint density at radius 1 is 1.29 bits per heavy atom. The molecule has 17 heavy (non-hydrogen) atoms. The molecule has 0 aliphatic heterocycles. The molecule has 0 aromatic carbocycles. The first-order chi connectivity index (χ1) is 7.77. The third kappa shape index (κ3) is 3.24. The zero-order valence-corrected chi connectivity index (χ0v) is 12.0. The first kappa shape index (κ1) is 14.1. The Kier molecular flexibility index (Phi) is 4.23. The van der Waals surface area contributed by atoms with Gasteiger partial charge in [-0.1, -0.05) is 48.0 Å². The predicted molar refractivity (Wildman–Crippen MR) is 71.4 cm³/mol. The molecule has 0 saturated heterocycles. The Hall–Kier alpha value is -0.990. The Balaban J connectivity index is 3.22. The van der Waals surface area contributed by atoms with Crippen LogP contribution in [-0.2, 0) is 18.4 Å². The van der Waals surface area contributed by atoms with Crippen LogP contribution in [0.1, 0.15) is 59.4 Å². The van der Waals surface area contributed by atoms with Crippen molar-refractivity contribution in [1.82, 2.24) is 9.78 Å². The summed E-state index contributed by atoms with van der Waals surface area (Å²) in [4.78, 5) is 0. The SMILES string of the molecule is CCCc1nn(CC(C)C)c(C(C)(C)C)c1O. The number of aromatic nitrogens is 2. The minimum Gasteiger partial charge on any atom is -0.504 e. The largest absolute Gasteiger partial charge is 0.504 e. The summed E-state index contributed by atoms with van der Waals surface area (Å²) in [5.41, 5.74) is 1.74. The van der Waals surface area contributed by atoms with E-state index in [1.54, 1.807) is 0 Å². The zero-order valence-electron chi connectivity index (χ0n) is 12.0. The molecule has 0 fully saturated rings. The molecule has 1 aromatic heterocycles. The molecular weight excluding hydrogens is 212 g/mol. The second-order valence-corrected chi connectivity index (χ2v) is 6.22. The fraction of sp³-hybridized carbons (Fsp3) is 0.786. The molecule has 0 spiro atoms. The number of hydrogen-bond donors (Lipinski definition) is 1. The highest BCUT2D eigenvalue weighted by molar-refractivity contribution is 5.37. The summed E-state index contributed by atoms with van der Waals surface area (Å²) in [5.74, 6) is 0.935. The molecule has 98 valence electrons. The van der Waals surface area contributed by atoms with Crippen molar-refractivity contribution in [2.45, 2.75) is 66.3 Å². The Bertz CT molecular complexity index is 372. The van der Waals surface area contributed by atoms with Gasteiger partial charge in [0.25, 0.3) is 0 Å². The molecule has 0 aliphatic rings. The fourth-order valence-corrected chi connectivity index (χ4v) is 2.13. The number of nitrogens with zero attached hydrogens (tertiary/aromatic N) is 2. The van der Waals surface area contributed by atoms with Crippen molar-refractivity contribution in [1.29, 1.82) is 0 Å². The van der Waals surface area contributed by atoms with Gasteiger partial charge in [-0.25, -0.2) is 0 Å². The van der Waals surface area contributed by atoms with Crippen LogP contribution in [0.3, 0.4) is 0 Å². The Labute approximate surface area is 105 Å². The van der Waals surface area contributed by atoms with Crippen LogP contribution in [-0.4, -0.2) is 14.9 Å². The van der Waals surface area contributed by atoms with Gasteiger partial charge in [0.15, 0.2) is 5.75 Å². The molecule has 1 aromatic rings. The zero-order chi connectivity index (χ0) is 13.2. The van der Waals surface area contributed by atoms with E-state index in [1.165, 1.54) is 0 Å². The molecule has 3 heteroatoms. The second-order valence-electron chi connectivity index (χ2n) is 6.22. The lowest BCUT2D eigenvalue weighted by molar-refractivity contribution is 0.401. The van der Waals surface area contributed by atoms with E-state index in [-0.39, 0.29) is 5.41 Å². The molecular formula is C14H26N2O. The highest BCUT2D eigenvalue weighted by Gasteiger charge is 2.27. The van der Waals surface area contributed by atoms with Crippen molar-refractivity contribution in [2.24, 2.45) is 5.92 Å². The van der Waals surface area contributed by atoms with Crippen molar-refractivity contribution < 1.29 is 5.11 Å². The number of aryl methyl sites for hydroxylation is 1. The summed E-state index contributed by atoms with van der Waals surface area (Å²) in [5, 5.41) is 14.9. The highest BCUT2D eigenvalue weighted by atomic mass is 16.3. The maximum atomic E-state index is 10.3. The molecule has 0 bridgehead atoms. The van der Waals surface area contributed by atoms with E-state index in [9.17, 15) is 5.11 Å². The van der Waals surface area contributed by atoms with E-state index >= 15 is 0 Å². The van der Waals surface area contributed by atoms with Gasteiger partial charge in [0.2, 0.25) is 0 Å². The van der Waals surface area contributed by atoms with Gasteiger partial charge in [-0.15, -0.1) is 0 Å². The molecule has 0 radical (unpaired) electrons. The van der Waals surface area contributed by atoms with E-state index in [0.717, 1.165) is 30.8 Å². The van der Waals surface area contributed by atoms with Crippen molar-refractivity contribution >= 4 is 0 Å². The van der Waals surface area contributed by atoms with Crippen LogP contribution in [0, 0.1) is 5.92 Å². The van der Waals surface area contributed by atoms with E-state index in [4.69, 9.17) is 0 Å². The van der Waals surface area contributed by atoms with Crippen LogP contribution in [0.2, 0.25) is 0 Å². The number of hydrogen-bond acceptors (Lipinski definition) is 2. The highest BCUT2D eigenvalue weighted by Crippen LogP contribution is 2.34. The van der Waals surface area contributed by atoms with E-state index in [1.807, 2.05) is 4.68 Å². The molecule has 3 nitrogen and oxygen atoms in total. The van der Waals surface area contributed by atoms with Crippen LogP contribution in [0.25, 0.3) is 0 Å². The lowest BCUT2D eigenvalue weighted by Crippen LogP contribution is -2.20. The Morgan fingerprint density at radius 3 is 2.29 bits per heavy atom. The van der Waals surface area contributed by atoms with E-state index in [0.29, 0.717) is 11.7 Å². The van der Waals surface area contributed by atoms with Crippen LogP contribution < -0.4 is 0 Å². The molecule has 0 saturated carbocycles. The van der Waals surface area contributed by atoms with Gasteiger partial charge in [0.1, 0.15) is 5.69 Å². The van der Waals surface area contributed by atoms with Crippen LogP contribution in [0.5, 0.6) is 5.75 Å².